The Morgan fingerprint density at radius 1 is 1.17 bits per heavy atom. The van der Waals surface area contributed by atoms with E-state index in [-0.39, 0.29) is 17.8 Å². The van der Waals surface area contributed by atoms with E-state index in [1.165, 1.54) is 18.2 Å². The molecule has 3 rings (SSSR count). The summed E-state index contributed by atoms with van der Waals surface area (Å²) in [4.78, 5) is 13.9. The summed E-state index contributed by atoms with van der Waals surface area (Å²) in [6.45, 7) is 6.61. The molecule has 1 amide bonds. The highest BCUT2D eigenvalue weighted by atomic mass is 19.4. The van der Waals surface area contributed by atoms with Crippen LogP contribution < -0.4 is 10.5 Å². The van der Waals surface area contributed by atoms with Gasteiger partial charge in [0.2, 0.25) is 0 Å². The fourth-order valence-corrected chi connectivity index (χ4v) is 3.27. The van der Waals surface area contributed by atoms with Crippen LogP contribution in [-0.4, -0.2) is 45.8 Å². The standard InChI is InChI=1S/C20H25F3N4O3/c1-19(2,3)30-18(28)26-8-6-15(7-9-26)27-12-14(11-25-27)13-4-5-17(16(24)10-13)29-20(21,22)23/h4-5,10-12,15H,6-9,24H2,1-3H3. The van der Waals surface area contributed by atoms with Crippen molar-refractivity contribution in [2.24, 2.45) is 0 Å². The van der Waals surface area contributed by atoms with Crippen LogP contribution in [0, 0.1) is 0 Å². The van der Waals surface area contributed by atoms with Crippen LogP contribution in [0.4, 0.5) is 23.7 Å². The van der Waals surface area contributed by atoms with Crippen LogP contribution in [0.25, 0.3) is 11.1 Å². The van der Waals surface area contributed by atoms with Gasteiger partial charge in [0.1, 0.15) is 5.60 Å². The lowest BCUT2D eigenvalue weighted by Crippen LogP contribution is -2.42. The summed E-state index contributed by atoms with van der Waals surface area (Å²) < 4.78 is 48.3. The van der Waals surface area contributed by atoms with Gasteiger partial charge in [-0.05, 0) is 51.3 Å². The second-order valence-electron chi connectivity index (χ2n) is 8.21. The predicted molar refractivity (Wildman–Crippen MR) is 105 cm³/mol. The second-order valence-corrected chi connectivity index (χ2v) is 8.21. The first kappa shape index (κ1) is 21.8. The molecule has 30 heavy (non-hydrogen) atoms. The third kappa shape index (κ3) is 5.58. The largest absolute Gasteiger partial charge is 0.573 e. The smallest absolute Gasteiger partial charge is 0.444 e. The number of anilines is 1. The van der Waals surface area contributed by atoms with E-state index in [4.69, 9.17) is 10.5 Å². The first-order chi connectivity index (χ1) is 13.9. The molecule has 1 aromatic heterocycles. The van der Waals surface area contributed by atoms with E-state index < -0.39 is 17.7 Å². The molecule has 2 aromatic rings. The molecule has 7 nitrogen and oxygen atoms in total. The summed E-state index contributed by atoms with van der Waals surface area (Å²) in [6, 6.07) is 4.23. The lowest BCUT2D eigenvalue weighted by Gasteiger charge is -2.33. The predicted octanol–water partition coefficient (Wildman–Crippen LogP) is 4.60. The van der Waals surface area contributed by atoms with Gasteiger partial charge in [0, 0.05) is 24.8 Å². The molecule has 2 heterocycles. The molecule has 0 saturated carbocycles. The average molecular weight is 426 g/mol. The van der Waals surface area contributed by atoms with E-state index in [1.807, 2.05) is 31.6 Å². The lowest BCUT2D eigenvalue weighted by molar-refractivity contribution is -0.274. The minimum Gasteiger partial charge on any atom is -0.444 e. The van der Waals surface area contributed by atoms with Gasteiger partial charge in [-0.3, -0.25) is 4.68 Å². The van der Waals surface area contributed by atoms with E-state index >= 15 is 0 Å². The number of ether oxygens (including phenoxy) is 2. The number of aromatic nitrogens is 2. The molecule has 0 spiro atoms. The van der Waals surface area contributed by atoms with Crippen molar-refractivity contribution < 1.29 is 27.4 Å². The van der Waals surface area contributed by atoms with Gasteiger partial charge in [-0.2, -0.15) is 5.10 Å². The summed E-state index contributed by atoms with van der Waals surface area (Å²) in [6.07, 6.45) is -0.207. The monoisotopic (exact) mass is 426 g/mol. The summed E-state index contributed by atoms with van der Waals surface area (Å²) >= 11 is 0. The van der Waals surface area contributed by atoms with Gasteiger partial charge in [0.15, 0.2) is 5.75 Å². The van der Waals surface area contributed by atoms with Crippen LogP contribution in [0.2, 0.25) is 0 Å². The molecular weight excluding hydrogens is 401 g/mol. The number of piperidine rings is 1. The summed E-state index contributed by atoms with van der Waals surface area (Å²) in [5.41, 5.74) is 6.43. The molecule has 10 heteroatoms. The van der Waals surface area contributed by atoms with Gasteiger partial charge in [-0.1, -0.05) is 6.07 Å². The van der Waals surface area contributed by atoms with Crippen molar-refractivity contribution in [1.82, 2.24) is 14.7 Å². The Kier molecular flexibility index (Phi) is 5.87. The molecule has 1 fully saturated rings. The maximum absolute atomic E-state index is 12.4. The first-order valence-corrected chi connectivity index (χ1v) is 9.59. The Bertz CT molecular complexity index is 897. The molecular formula is C20H25F3N4O3. The Morgan fingerprint density at radius 2 is 1.83 bits per heavy atom. The van der Waals surface area contributed by atoms with Crippen LogP contribution in [-0.2, 0) is 4.74 Å². The van der Waals surface area contributed by atoms with Crippen LogP contribution in [0.3, 0.4) is 0 Å². The van der Waals surface area contributed by atoms with Gasteiger partial charge in [-0.15, -0.1) is 13.2 Å². The molecule has 1 aromatic carbocycles. The molecule has 2 N–H and O–H groups in total. The number of nitrogens with zero attached hydrogens (tertiary/aromatic N) is 3. The molecule has 0 atom stereocenters. The van der Waals surface area contributed by atoms with Crippen molar-refractivity contribution in [3.05, 3.63) is 30.6 Å². The van der Waals surface area contributed by atoms with Crippen LogP contribution >= 0.6 is 0 Å². The molecule has 0 radical (unpaired) electrons. The third-order valence-electron chi connectivity index (χ3n) is 4.66. The van der Waals surface area contributed by atoms with Crippen molar-refractivity contribution in [3.63, 3.8) is 0 Å². The Hall–Kier alpha value is -2.91. The van der Waals surface area contributed by atoms with Crippen molar-refractivity contribution in [2.75, 3.05) is 18.8 Å². The number of amides is 1. The number of hydrogen-bond donors (Lipinski definition) is 1. The van der Waals surface area contributed by atoms with Crippen molar-refractivity contribution in [1.29, 1.82) is 0 Å². The third-order valence-corrected chi connectivity index (χ3v) is 4.66. The molecule has 1 saturated heterocycles. The number of rotatable bonds is 3. The summed E-state index contributed by atoms with van der Waals surface area (Å²) in [7, 11) is 0. The van der Waals surface area contributed by atoms with E-state index in [0.717, 1.165) is 18.4 Å². The number of likely N-dealkylation sites (tertiary alicyclic amines) is 1. The highest BCUT2D eigenvalue weighted by Gasteiger charge is 2.32. The Labute approximate surface area is 172 Å². The normalized spacial score (nSPS) is 15.9. The van der Waals surface area contributed by atoms with Crippen LogP contribution in [0.1, 0.15) is 39.7 Å². The number of alkyl halides is 3. The Morgan fingerprint density at radius 3 is 2.40 bits per heavy atom. The van der Waals surface area contributed by atoms with Crippen LogP contribution in [0.5, 0.6) is 5.75 Å². The van der Waals surface area contributed by atoms with E-state index in [9.17, 15) is 18.0 Å². The number of nitrogens with two attached hydrogens (primary N) is 1. The molecule has 1 aliphatic rings. The van der Waals surface area contributed by atoms with Gasteiger partial charge < -0.3 is 20.1 Å². The molecule has 0 aliphatic carbocycles. The van der Waals surface area contributed by atoms with Crippen molar-refractivity contribution >= 4 is 11.8 Å². The SMILES string of the molecule is CC(C)(C)OC(=O)N1CCC(n2cc(-c3ccc(OC(F)(F)F)c(N)c3)cn2)CC1. The van der Waals surface area contributed by atoms with E-state index in [1.54, 1.807) is 11.1 Å². The lowest BCUT2D eigenvalue weighted by atomic mass is 10.1. The number of carbonyl (C=O) groups excluding carboxylic acids is 1. The number of carbonyl (C=O) groups is 1. The molecule has 0 unspecified atom stereocenters. The fourth-order valence-electron chi connectivity index (χ4n) is 3.27. The summed E-state index contributed by atoms with van der Waals surface area (Å²) in [5.74, 6) is -0.437. The first-order valence-electron chi connectivity index (χ1n) is 9.59. The minimum absolute atomic E-state index is 0.108. The summed E-state index contributed by atoms with van der Waals surface area (Å²) in [5, 5.41) is 4.39. The maximum Gasteiger partial charge on any atom is 0.573 e. The van der Waals surface area contributed by atoms with Gasteiger partial charge in [0.25, 0.3) is 0 Å². The zero-order valence-corrected chi connectivity index (χ0v) is 17.1. The Balaban J connectivity index is 1.63. The van der Waals surface area contributed by atoms with Gasteiger partial charge >= 0.3 is 12.5 Å². The minimum atomic E-state index is -4.80. The van der Waals surface area contributed by atoms with Crippen LogP contribution in [0.15, 0.2) is 30.6 Å². The highest BCUT2D eigenvalue weighted by molar-refractivity contribution is 5.70. The molecule has 0 bridgehead atoms. The second kappa shape index (κ2) is 8.08. The quantitative estimate of drug-likeness (QED) is 0.725. The highest BCUT2D eigenvalue weighted by Crippen LogP contribution is 2.33. The molecule has 1 aliphatic heterocycles. The van der Waals surface area contributed by atoms with Crippen molar-refractivity contribution in [2.45, 2.75) is 51.6 Å². The maximum atomic E-state index is 12.4. The number of halogens is 3. The topological polar surface area (TPSA) is 82.6 Å². The zero-order valence-electron chi connectivity index (χ0n) is 17.1. The fraction of sp³-hybridized carbons (Fsp3) is 0.500. The van der Waals surface area contributed by atoms with Crippen molar-refractivity contribution in [3.8, 4) is 16.9 Å². The number of hydrogen-bond acceptors (Lipinski definition) is 5. The number of nitrogen functional groups attached to an aromatic ring is 1. The zero-order chi connectivity index (χ0) is 22.1. The van der Waals surface area contributed by atoms with Gasteiger partial charge in [0.05, 0.1) is 17.9 Å². The average Bonchev–Trinajstić information content (AvgIpc) is 3.11. The molecule has 164 valence electrons. The van der Waals surface area contributed by atoms with E-state index in [2.05, 4.69) is 9.84 Å². The number of benzene rings is 1. The van der Waals surface area contributed by atoms with E-state index in [0.29, 0.717) is 18.7 Å². The van der Waals surface area contributed by atoms with Gasteiger partial charge in [-0.25, -0.2) is 4.79 Å².